The molecule has 90 valence electrons. The number of halogens is 1. The molecule has 0 saturated heterocycles. The van der Waals surface area contributed by atoms with Crippen LogP contribution in [0.15, 0.2) is 22.1 Å². The third-order valence-electron chi connectivity index (χ3n) is 2.17. The number of aromatic amines is 1. The minimum Gasteiger partial charge on any atom is -0.481 e. The largest absolute Gasteiger partial charge is 0.481 e. The monoisotopic (exact) mass is 315 g/mol. The Kier molecular flexibility index (Phi) is 3.60. The zero-order valence-corrected chi connectivity index (χ0v) is 11.1. The highest BCUT2D eigenvalue weighted by atomic mass is 79.9. The fourth-order valence-electron chi connectivity index (χ4n) is 1.39. The van der Waals surface area contributed by atoms with Crippen molar-refractivity contribution >= 4 is 33.2 Å². The molecule has 0 fully saturated rings. The van der Waals surface area contributed by atoms with E-state index < -0.39 is 12.0 Å². The standard InChI is InChI=1S/C10H10BrN3O2S/c11-5-1-8(17-4-5)7-3-13-10(14-7)6(12)2-9(15)16/h1,3-4,6H,2,12H2,(H,13,14)(H,15,16). The normalized spacial score (nSPS) is 12.6. The summed E-state index contributed by atoms with van der Waals surface area (Å²) in [6.45, 7) is 0. The molecule has 0 aliphatic heterocycles. The number of carbonyl (C=O) groups is 1. The molecule has 5 nitrogen and oxygen atoms in total. The molecule has 0 amide bonds. The van der Waals surface area contributed by atoms with E-state index in [2.05, 4.69) is 25.9 Å². The molecular weight excluding hydrogens is 306 g/mol. The number of nitrogens with one attached hydrogen (secondary N) is 1. The van der Waals surface area contributed by atoms with Gasteiger partial charge in [0, 0.05) is 9.85 Å². The number of hydrogen-bond acceptors (Lipinski definition) is 4. The van der Waals surface area contributed by atoms with E-state index in [-0.39, 0.29) is 6.42 Å². The van der Waals surface area contributed by atoms with E-state index in [4.69, 9.17) is 10.8 Å². The highest BCUT2D eigenvalue weighted by Crippen LogP contribution is 2.29. The molecule has 0 bridgehead atoms. The van der Waals surface area contributed by atoms with Crippen molar-refractivity contribution in [3.05, 3.63) is 27.9 Å². The lowest BCUT2D eigenvalue weighted by Crippen LogP contribution is -2.16. The minimum absolute atomic E-state index is 0.138. The Morgan fingerprint density at radius 3 is 3.06 bits per heavy atom. The van der Waals surface area contributed by atoms with Gasteiger partial charge in [0.15, 0.2) is 0 Å². The molecule has 17 heavy (non-hydrogen) atoms. The summed E-state index contributed by atoms with van der Waals surface area (Å²) in [6.07, 6.45) is 1.52. The Morgan fingerprint density at radius 2 is 2.47 bits per heavy atom. The van der Waals surface area contributed by atoms with Crippen molar-refractivity contribution in [2.75, 3.05) is 0 Å². The molecule has 1 atom stereocenters. The summed E-state index contributed by atoms with van der Waals surface area (Å²) < 4.78 is 1.00. The van der Waals surface area contributed by atoms with Gasteiger partial charge in [0.05, 0.1) is 29.2 Å². The number of imidazole rings is 1. The number of carboxylic acid groups (broad SMARTS) is 1. The topological polar surface area (TPSA) is 92.0 Å². The van der Waals surface area contributed by atoms with Crippen LogP contribution in [0.3, 0.4) is 0 Å². The third kappa shape index (κ3) is 2.93. The third-order valence-corrected chi connectivity index (χ3v) is 3.90. The number of nitrogens with two attached hydrogens (primary N) is 1. The smallest absolute Gasteiger partial charge is 0.305 e. The summed E-state index contributed by atoms with van der Waals surface area (Å²) in [5.74, 6) is -0.443. The SMILES string of the molecule is NC(CC(=O)O)c1ncc(-c2cc(Br)cs2)[nH]1. The fraction of sp³-hybridized carbons (Fsp3) is 0.200. The zero-order chi connectivity index (χ0) is 12.4. The fourth-order valence-corrected chi connectivity index (χ4v) is 2.78. The lowest BCUT2D eigenvalue weighted by Gasteiger charge is -2.03. The quantitative estimate of drug-likeness (QED) is 0.807. The van der Waals surface area contributed by atoms with Crippen molar-refractivity contribution in [1.29, 1.82) is 0 Å². The Hall–Kier alpha value is -1.18. The van der Waals surface area contributed by atoms with Gasteiger partial charge >= 0.3 is 5.97 Å². The number of H-pyrrole nitrogens is 1. The first-order chi connectivity index (χ1) is 8.06. The Balaban J connectivity index is 2.18. The maximum atomic E-state index is 10.5. The van der Waals surface area contributed by atoms with Crippen molar-refractivity contribution in [1.82, 2.24) is 9.97 Å². The Bertz CT molecular complexity index is 537. The number of aromatic nitrogens is 2. The summed E-state index contributed by atoms with van der Waals surface area (Å²) >= 11 is 4.94. The molecule has 2 aromatic heterocycles. The molecule has 0 saturated carbocycles. The number of rotatable bonds is 4. The maximum absolute atomic E-state index is 10.5. The molecule has 0 aromatic carbocycles. The molecule has 1 unspecified atom stereocenters. The number of hydrogen-bond donors (Lipinski definition) is 3. The molecule has 0 aliphatic carbocycles. The van der Waals surface area contributed by atoms with E-state index >= 15 is 0 Å². The van der Waals surface area contributed by atoms with Crippen LogP contribution in [0, 0.1) is 0 Å². The Labute approximate surface area is 110 Å². The van der Waals surface area contributed by atoms with E-state index in [0.717, 1.165) is 15.0 Å². The summed E-state index contributed by atoms with van der Waals surface area (Å²) in [5.41, 5.74) is 6.56. The van der Waals surface area contributed by atoms with E-state index in [1.807, 2.05) is 11.4 Å². The number of nitrogens with zero attached hydrogens (tertiary/aromatic N) is 1. The van der Waals surface area contributed by atoms with Crippen LogP contribution in [0.2, 0.25) is 0 Å². The molecule has 2 aromatic rings. The van der Waals surface area contributed by atoms with Gasteiger partial charge in [-0.15, -0.1) is 11.3 Å². The van der Waals surface area contributed by atoms with Gasteiger partial charge in [0.25, 0.3) is 0 Å². The second kappa shape index (κ2) is 4.99. The molecule has 2 rings (SSSR count). The predicted molar refractivity (Wildman–Crippen MR) is 68.8 cm³/mol. The van der Waals surface area contributed by atoms with Crippen molar-refractivity contribution in [3.63, 3.8) is 0 Å². The van der Waals surface area contributed by atoms with Crippen LogP contribution in [0.1, 0.15) is 18.3 Å². The molecule has 2 heterocycles. The molecular formula is C10H10BrN3O2S. The second-order valence-electron chi connectivity index (χ2n) is 3.52. The lowest BCUT2D eigenvalue weighted by molar-refractivity contribution is -0.137. The van der Waals surface area contributed by atoms with Crippen LogP contribution in [-0.2, 0) is 4.79 Å². The first-order valence-electron chi connectivity index (χ1n) is 4.83. The first kappa shape index (κ1) is 12.3. The Morgan fingerprint density at radius 1 is 1.71 bits per heavy atom. The maximum Gasteiger partial charge on any atom is 0.305 e. The number of carboxylic acids is 1. The molecule has 0 spiro atoms. The van der Waals surface area contributed by atoms with Gasteiger partial charge < -0.3 is 15.8 Å². The number of thiophene rings is 1. The highest BCUT2D eigenvalue weighted by Gasteiger charge is 2.14. The average Bonchev–Trinajstić information content (AvgIpc) is 2.84. The van der Waals surface area contributed by atoms with E-state index in [9.17, 15) is 4.79 Å². The van der Waals surface area contributed by atoms with Gasteiger partial charge in [0.1, 0.15) is 5.82 Å². The van der Waals surface area contributed by atoms with Crippen molar-refractivity contribution < 1.29 is 9.90 Å². The van der Waals surface area contributed by atoms with Crippen LogP contribution in [0.25, 0.3) is 10.6 Å². The van der Waals surface area contributed by atoms with Gasteiger partial charge in [-0.2, -0.15) is 0 Å². The summed E-state index contributed by atoms with van der Waals surface area (Å²) in [7, 11) is 0. The second-order valence-corrected chi connectivity index (χ2v) is 5.34. The lowest BCUT2D eigenvalue weighted by atomic mass is 10.2. The summed E-state index contributed by atoms with van der Waals surface area (Å²) in [5, 5.41) is 10.6. The van der Waals surface area contributed by atoms with Crippen molar-refractivity contribution in [3.8, 4) is 10.6 Å². The summed E-state index contributed by atoms with van der Waals surface area (Å²) in [6, 6.07) is 1.36. The minimum atomic E-state index is -0.936. The van der Waals surface area contributed by atoms with Crippen LogP contribution >= 0.6 is 27.3 Å². The zero-order valence-electron chi connectivity index (χ0n) is 8.68. The molecule has 0 radical (unpaired) electrons. The van der Waals surface area contributed by atoms with Crippen LogP contribution in [-0.4, -0.2) is 21.0 Å². The van der Waals surface area contributed by atoms with Gasteiger partial charge in [-0.3, -0.25) is 4.79 Å². The molecule has 4 N–H and O–H groups in total. The molecule has 0 aliphatic rings. The van der Waals surface area contributed by atoms with Gasteiger partial charge in [-0.25, -0.2) is 4.98 Å². The summed E-state index contributed by atoms with van der Waals surface area (Å²) in [4.78, 5) is 18.7. The van der Waals surface area contributed by atoms with Crippen LogP contribution in [0.5, 0.6) is 0 Å². The van der Waals surface area contributed by atoms with Gasteiger partial charge in [-0.05, 0) is 22.0 Å². The van der Waals surface area contributed by atoms with Crippen LogP contribution < -0.4 is 5.73 Å². The van der Waals surface area contributed by atoms with Crippen LogP contribution in [0.4, 0.5) is 0 Å². The van der Waals surface area contributed by atoms with Crippen molar-refractivity contribution in [2.24, 2.45) is 5.73 Å². The first-order valence-corrected chi connectivity index (χ1v) is 6.50. The van der Waals surface area contributed by atoms with Crippen molar-refractivity contribution in [2.45, 2.75) is 12.5 Å². The van der Waals surface area contributed by atoms with E-state index in [0.29, 0.717) is 5.82 Å². The average molecular weight is 316 g/mol. The predicted octanol–water partition coefficient (Wildman–Crippen LogP) is 2.38. The highest BCUT2D eigenvalue weighted by molar-refractivity contribution is 9.10. The van der Waals surface area contributed by atoms with E-state index in [1.165, 1.54) is 0 Å². The molecule has 7 heteroatoms. The number of aliphatic carboxylic acids is 1. The van der Waals surface area contributed by atoms with E-state index in [1.54, 1.807) is 17.5 Å². The van der Waals surface area contributed by atoms with Gasteiger partial charge in [-0.1, -0.05) is 0 Å². The van der Waals surface area contributed by atoms with Gasteiger partial charge in [0.2, 0.25) is 0 Å².